The van der Waals surface area contributed by atoms with E-state index in [9.17, 15) is 10.5 Å². The van der Waals surface area contributed by atoms with E-state index in [-0.39, 0.29) is 0 Å². The first-order valence-electron chi connectivity index (χ1n) is 9.41. The number of halogens is 2. The molecule has 0 radical (unpaired) electrons. The van der Waals surface area contributed by atoms with Gasteiger partial charge in [0, 0.05) is 17.0 Å². The Morgan fingerprint density at radius 3 is 2.52 bits per heavy atom. The number of allylic oxidation sites excluding steroid dienone is 1. The van der Waals surface area contributed by atoms with Gasteiger partial charge in [-0.15, -0.1) is 0 Å². The molecule has 0 amide bonds. The normalized spacial score (nSPS) is 11.7. The van der Waals surface area contributed by atoms with Gasteiger partial charge in [0.05, 0.1) is 26.7 Å². The highest BCUT2D eigenvalue weighted by atomic mass is 35.5. The summed E-state index contributed by atoms with van der Waals surface area (Å²) in [7, 11) is 0. The fourth-order valence-corrected chi connectivity index (χ4v) is 3.91. The number of nitrogens with one attached hydrogen (secondary N) is 1. The summed E-state index contributed by atoms with van der Waals surface area (Å²) in [5.41, 5.74) is 5.54. The van der Waals surface area contributed by atoms with Crippen LogP contribution >= 0.6 is 23.2 Å². The Morgan fingerprint density at radius 2 is 1.84 bits per heavy atom. The molecule has 0 aliphatic heterocycles. The predicted octanol–water partition coefficient (Wildman–Crippen LogP) is 6.42. The second-order valence-electron chi connectivity index (χ2n) is 7.28. The molecule has 0 spiro atoms. The Hall–Kier alpha value is -3.45. The maximum atomic E-state index is 9.78. The van der Waals surface area contributed by atoms with Crippen molar-refractivity contribution < 1.29 is 4.42 Å². The molecule has 0 saturated heterocycles. The van der Waals surface area contributed by atoms with Crippen LogP contribution in [0.1, 0.15) is 39.7 Å². The van der Waals surface area contributed by atoms with Crippen molar-refractivity contribution in [2.75, 3.05) is 0 Å². The van der Waals surface area contributed by atoms with Crippen LogP contribution in [0.25, 0.3) is 28.6 Å². The first kappa shape index (κ1) is 20.8. The maximum absolute atomic E-state index is 9.78. The highest BCUT2D eigenvalue weighted by Gasteiger charge is 2.20. The summed E-state index contributed by atoms with van der Waals surface area (Å²) in [6, 6.07) is 9.72. The van der Waals surface area contributed by atoms with E-state index >= 15 is 0 Å². The van der Waals surface area contributed by atoms with Crippen LogP contribution in [0.4, 0.5) is 0 Å². The number of aryl methyl sites for hydroxylation is 2. The monoisotopic (exact) mass is 449 g/mol. The van der Waals surface area contributed by atoms with Crippen LogP contribution in [0.2, 0.25) is 10.0 Å². The summed E-state index contributed by atoms with van der Waals surface area (Å²) in [6.07, 6.45) is 1.76. The number of imidazole rings is 1. The molecule has 3 heterocycles. The van der Waals surface area contributed by atoms with Gasteiger partial charge < -0.3 is 9.40 Å². The van der Waals surface area contributed by atoms with Crippen molar-refractivity contribution in [1.82, 2.24) is 14.5 Å². The fraction of sp³-hybridized carbons (Fsp3) is 0.174. The maximum Gasteiger partial charge on any atom is 0.222 e. The lowest BCUT2D eigenvalue weighted by molar-refractivity contribution is 0.503. The molecule has 0 aliphatic carbocycles. The first-order chi connectivity index (χ1) is 14.7. The van der Waals surface area contributed by atoms with E-state index in [1.165, 1.54) is 0 Å². The third-order valence-corrected chi connectivity index (χ3v) is 6.07. The van der Waals surface area contributed by atoms with Crippen molar-refractivity contribution in [1.29, 1.82) is 10.5 Å². The van der Waals surface area contributed by atoms with Gasteiger partial charge >= 0.3 is 0 Å². The lowest BCUT2D eigenvalue weighted by Gasteiger charge is -2.06. The Balaban J connectivity index is 1.84. The summed E-state index contributed by atoms with van der Waals surface area (Å²) < 4.78 is 7.77. The van der Waals surface area contributed by atoms with Crippen LogP contribution in [0.15, 0.2) is 22.6 Å². The molecule has 154 valence electrons. The number of aromatic nitrogens is 3. The quantitative estimate of drug-likeness (QED) is 0.364. The Bertz CT molecular complexity index is 1430. The van der Waals surface area contributed by atoms with Gasteiger partial charge in [0.2, 0.25) is 5.88 Å². The molecule has 6 nitrogen and oxygen atoms in total. The standard InChI is InChI=1S/C23H17Cl2N5O/c1-11-5-15(13(3)30(11)23-17(10-27)12(2)14(4)31-23)6-16(9-26)22-28-20-7-18(24)19(25)8-21(20)29-22/h5-8H,1-4H3,(H,28,29)/b16-6+. The Morgan fingerprint density at radius 1 is 1.13 bits per heavy atom. The van der Waals surface area contributed by atoms with Crippen molar-refractivity contribution in [3.8, 4) is 18.0 Å². The van der Waals surface area contributed by atoms with Crippen molar-refractivity contribution >= 4 is 45.9 Å². The number of benzene rings is 1. The van der Waals surface area contributed by atoms with Crippen LogP contribution in [-0.2, 0) is 0 Å². The molecule has 0 bridgehead atoms. The van der Waals surface area contributed by atoms with Crippen LogP contribution in [0.3, 0.4) is 0 Å². The minimum absolute atomic E-state index is 0.357. The minimum Gasteiger partial charge on any atom is -0.443 e. The van der Waals surface area contributed by atoms with Crippen LogP contribution in [-0.4, -0.2) is 14.5 Å². The van der Waals surface area contributed by atoms with Gasteiger partial charge in [-0.2, -0.15) is 10.5 Å². The molecule has 0 atom stereocenters. The number of furan rings is 1. The molecular formula is C23H17Cl2N5O. The van der Waals surface area contributed by atoms with E-state index in [0.717, 1.165) is 22.5 Å². The highest BCUT2D eigenvalue weighted by molar-refractivity contribution is 6.42. The van der Waals surface area contributed by atoms with Crippen LogP contribution in [0.5, 0.6) is 0 Å². The van der Waals surface area contributed by atoms with E-state index in [4.69, 9.17) is 27.6 Å². The number of nitrogens with zero attached hydrogens (tertiary/aromatic N) is 4. The SMILES string of the molecule is Cc1oc(-n2c(C)cc(/C=C(\C#N)c3nc4cc(Cl)c(Cl)cc4[nH]3)c2C)c(C#N)c1C. The number of fused-ring (bicyclic) bond motifs is 1. The molecule has 1 aromatic carbocycles. The number of hydrogen-bond donors (Lipinski definition) is 1. The molecule has 8 heteroatoms. The van der Waals surface area contributed by atoms with Gasteiger partial charge in [0.25, 0.3) is 0 Å². The zero-order valence-corrected chi connectivity index (χ0v) is 18.8. The fourth-order valence-electron chi connectivity index (χ4n) is 3.59. The smallest absolute Gasteiger partial charge is 0.222 e. The summed E-state index contributed by atoms with van der Waals surface area (Å²) in [5, 5.41) is 20.2. The number of hydrogen-bond acceptors (Lipinski definition) is 4. The molecule has 3 aromatic heterocycles. The van der Waals surface area contributed by atoms with Crippen LogP contribution < -0.4 is 0 Å². The van der Waals surface area contributed by atoms with E-state index in [0.29, 0.717) is 49.7 Å². The Labute approximate surface area is 188 Å². The third kappa shape index (κ3) is 3.41. The van der Waals surface area contributed by atoms with Gasteiger partial charge in [-0.3, -0.25) is 4.57 Å². The number of H-pyrrole nitrogens is 1. The zero-order valence-electron chi connectivity index (χ0n) is 17.3. The minimum atomic E-state index is 0.357. The van der Waals surface area contributed by atoms with Gasteiger partial charge in [-0.05, 0) is 57.5 Å². The van der Waals surface area contributed by atoms with Crippen molar-refractivity contribution in [3.05, 3.63) is 67.9 Å². The van der Waals surface area contributed by atoms with E-state index in [2.05, 4.69) is 22.1 Å². The zero-order chi connectivity index (χ0) is 22.4. The average Bonchev–Trinajstić information content (AvgIpc) is 3.34. The van der Waals surface area contributed by atoms with Crippen molar-refractivity contribution in [2.45, 2.75) is 27.7 Å². The molecule has 4 rings (SSSR count). The molecule has 0 unspecified atom stereocenters. The summed E-state index contributed by atoms with van der Waals surface area (Å²) in [5.74, 6) is 1.61. The second kappa shape index (κ2) is 7.67. The van der Waals surface area contributed by atoms with Gasteiger partial charge in [0.1, 0.15) is 29.3 Å². The lowest BCUT2D eigenvalue weighted by Crippen LogP contribution is -2.00. The molecular weight excluding hydrogens is 433 g/mol. The summed E-state index contributed by atoms with van der Waals surface area (Å²) in [4.78, 5) is 7.61. The molecule has 31 heavy (non-hydrogen) atoms. The topological polar surface area (TPSA) is 94.3 Å². The Kier molecular flexibility index (Phi) is 5.15. The number of aromatic amines is 1. The largest absolute Gasteiger partial charge is 0.443 e. The van der Waals surface area contributed by atoms with Crippen LogP contribution in [0, 0.1) is 50.4 Å². The molecule has 0 aliphatic rings. The van der Waals surface area contributed by atoms with Gasteiger partial charge in [-0.1, -0.05) is 23.2 Å². The van der Waals surface area contributed by atoms with E-state index in [1.807, 2.05) is 38.3 Å². The summed E-state index contributed by atoms with van der Waals surface area (Å²) in [6.45, 7) is 7.54. The summed E-state index contributed by atoms with van der Waals surface area (Å²) >= 11 is 12.2. The molecule has 0 fully saturated rings. The third-order valence-electron chi connectivity index (χ3n) is 5.35. The lowest BCUT2D eigenvalue weighted by atomic mass is 10.1. The van der Waals surface area contributed by atoms with Gasteiger partial charge in [-0.25, -0.2) is 4.98 Å². The highest BCUT2D eigenvalue weighted by Crippen LogP contribution is 2.31. The second-order valence-corrected chi connectivity index (χ2v) is 8.09. The van der Waals surface area contributed by atoms with Gasteiger partial charge in [0.15, 0.2) is 0 Å². The molecule has 0 saturated carbocycles. The molecule has 1 N–H and O–H groups in total. The van der Waals surface area contributed by atoms with E-state index < -0.39 is 0 Å². The average molecular weight is 450 g/mol. The van der Waals surface area contributed by atoms with E-state index in [1.54, 1.807) is 18.2 Å². The number of rotatable bonds is 3. The predicted molar refractivity (Wildman–Crippen MR) is 121 cm³/mol. The van der Waals surface area contributed by atoms with Crippen molar-refractivity contribution in [2.24, 2.45) is 0 Å². The number of nitriles is 2. The van der Waals surface area contributed by atoms with Crippen molar-refractivity contribution in [3.63, 3.8) is 0 Å². The first-order valence-corrected chi connectivity index (χ1v) is 10.2. The molecule has 4 aromatic rings.